The quantitative estimate of drug-likeness (QED) is 0.672. The number of benzene rings is 2. The van der Waals surface area contributed by atoms with E-state index in [1.807, 2.05) is 0 Å². The topological polar surface area (TPSA) is 91.3 Å². The fourth-order valence-corrected chi connectivity index (χ4v) is 3.46. The van der Waals surface area contributed by atoms with Gasteiger partial charge in [-0.1, -0.05) is 18.2 Å². The van der Waals surface area contributed by atoms with Crippen LogP contribution < -0.4 is 14.6 Å². The van der Waals surface area contributed by atoms with Crippen molar-refractivity contribution in [2.75, 3.05) is 20.8 Å². The molecule has 9 heteroatoms. The van der Waals surface area contributed by atoms with Gasteiger partial charge in [-0.3, -0.25) is 9.69 Å². The summed E-state index contributed by atoms with van der Waals surface area (Å²) in [7, 11) is 2.98. The molecule has 150 valence electrons. The normalized spacial score (nSPS) is 16.5. The molecule has 2 aromatic carbocycles. The van der Waals surface area contributed by atoms with Crippen molar-refractivity contribution in [2.45, 2.75) is 0 Å². The number of rotatable bonds is 6. The molecule has 1 fully saturated rings. The number of hydrogen-bond donors (Lipinski definition) is 0. The minimum atomic E-state index is -1.35. The van der Waals surface area contributed by atoms with E-state index in [0.29, 0.717) is 21.4 Å². The monoisotopic (exact) mass is 415 g/mol. The molecule has 29 heavy (non-hydrogen) atoms. The zero-order valence-corrected chi connectivity index (χ0v) is 16.4. The van der Waals surface area contributed by atoms with Crippen molar-refractivity contribution in [2.24, 2.45) is 4.99 Å². The molecule has 7 nitrogen and oxygen atoms in total. The second-order valence-electron chi connectivity index (χ2n) is 5.89. The first kappa shape index (κ1) is 20.4. The standard InChI is InChI=1S/C20H17FN2O5S/c1-23-19(26)17(29-20(23)22-14-6-4-3-5-13(14)21)10-12-7-8-15(16(9-12)27-2)28-11-18(24)25/h3-10H,11H2,1-2H3,(H,24,25)/p-1/b17-10+,22-20?. The number of methoxy groups -OCH3 is 1. The molecule has 1 aliphatic rings. The third-order valence-electron chi connectivity index (χ3n) is 3.90. The van der Waals surface area contributed by atoms with Gasteiger partial charge < -0.3 is 19.4 Å². The highest BCUT2D eigenvalue weighted by atomic mass is 32.2. The van der Waals surface area contributed by atoms with E-state index in [0.717, 1.165) is 11.8 Å². The highest BCUT2D eigenvalue weighted by Crippen LogP contribution is 2.35. The maximum absolute atomic E-state index is 13.8. The van der Waals surface area contributed by atoms with Crippen LogP contribution in [0.1, 0.15) is 5.56 Å². The molecule has 0 aliphatic carbocycles. The molecule has 0 unspecified atom stereocenters. The minimum Gasteiger partial charge on any atom is -0.546 e. The largest absolute Gasteiger partial charge is 0.546 e. The van der Waals surface area contributed by atoms with E-state index in [9.17, 15) is 19.1 Å². The maximum atomic E-state index is 13.8. The van der Waals surface area contributed by atoms with Gasteiger partial charge in [0, 0.05) is 7.05 Å². The summed E-state index contributed by atoms with van der Waals surface area (Å²) in [5.74, 6) is -1.55. The number of likely N-dealkylation sites (N-methyl/N-ethyl adjacent to an activating group) is 1. The van der Waals surface area contributed by atoms with Crippen molar-refractivity contribution < 1.29 is 28.6 Å². The third-order valence-corrected chi connectivity index (χ3v) is 4.96. The molecule has 0 atom stereocenters. The molecule has 1 amide bonds. The average molecular weight is 415 g/mol. The highest BCUT2D eigenvalue weighted by Gasteiger charge is 2.30. The Morgan fingerprint density at radius 2 is 2.03 bits per heavy atom. The molecule has 0 bridgehead atoms. The lowest BCUT2D eigenvalue weighted by atomic mass is 10.2. The summed E-state index contributed by atoms with van der Waals surface area (Å²) in [6.07, 6.45) is 1.64. The lowest BCUT2D eigenvalue weighted by Crippen LogP contribution is -2.29. The van der Waals surface area contributed by atoms with Gasteiger partial charge in [0.05, 0.1) is 18.0 Å². The zero-order valence-electron chi connectivity index (χ0n) is 15.5. The lowest BCUT2D eigenvalue weighted by molar-refractivity contribution is -0.307. The Bertz CT molecular complexity index is 1020. The molecule has 0 spiro atoms. The number of aliphatic carboxylic acids is 1. The molecule has 0 N–H and O–H groups in total. The molecule has 0 saturated carbocycles. The summed E-state index contributed by atoms with van der Waals surface area (Å²) in [4.78, 5) is 29.1. The van der Waals surface area contributed by atoms with Crippen LogP contribution >= 0.6 is 11.8 Å². The van der Waals surface area contributed by atoms with Gasteiger partial charge in [0.25, 0.3) is 5.91 Å². The molecule has 0 radical (unpaired) electrons. The second kappa shape index (κ2) is 8.78. The Balaban J connectivity index is 1.86. The Morgan fingerprint density at radius 1 is 1.28 bits per heavy atom. The van der Waals surface area contributed by atoms with Gasteiger partial charge >= 0.3 is 0 Å². The number of amides is 1. The molecular formula is C20H16FN2O5S-. The van der Waals surface area contributed by atoms with E-state index in [4.69, 9.17) is 9.47 Å². The summed E-state index contributed by atoms with van der Waals surface area (Å²) in [6, 6.07) is 10.9. The Labute approximate surface area is 170 Å². The number of aliphatic imine (C=N–C) groups is 1. The number of thioether (sulfide) groups is 1. The molecule has 0 aromatic heterocycles. The molecule has 1 heterocycles. The number of carbonyl (C=O) groups is 2. The van der Waals surface area contributed by atoms with Gasteiger partial charge in [0.2, 0.25) is 0 Å². The second-order valence-corrected chi connectivity index (χ2v) is 6.90. The summed E-state index contributed by atoms with van der Waals surface area (Å²) in [5.41, 5.74) is 0.783. The lowest BCUT2D eigenvalue weighted by Gasteiger charge is -2.11. The maximum Gasteiger partial charge on any atom is 0.266 e. The fourth-order valence-electron chi connectivity index (χ4n) is 2.48. The first-order chi connectivity index (χ1) is 13.9. The van der Waals surface area contributed by atoms with E-state index < -0.39 is 18.4 Å². The molecular weight excluding hydrogens is 399 g/mol. The van der Waals surface area contributed by atoms with Crippen LogP contribution in [0.25, 0.3) is 6.08 Å². The van der Waals surface area contributed by atoms with Crippen molar-refractivity contribution in [3.8, 4) is 11.5 Å². The SMILES string of the molecule is COc1cc(/C=C2/SC(=Nc3ccccc3F)N(C)C2=O)ccc1OCC(=O)[O-]. The van der Waals surface area contributed by atoms with Crippen molar-refractivity contribution >= 4 is 40.6 Å². The van der Waals surface area contributed by atoms with Crippen molar-refractivity contribution in [1.82, 2.24) is 4.90 Å². The van der Waals surface area contributed by atoms with Crippen molar-refractivity contribution in [3.05, 3.63) is 58.8 Å². The summed E-state index contributed by atoms with van der Waals surface area (Å²) >= 11 is 1.12. The van der Waals surface area contributed by atoms with Crippen LogP contribution in [-0.4, -0.2) is 42.7 Å². The van der Waals surface area contributed by atoms with Crippen LogP contribution in [0.2, 0.25) is 0 Å². The Hall–Kier alpha value is -3.33. The van der Waals surface area contributed by atoms with Crippen LogP contribution in [-0.2, 0) is 9.59 Å². The summed E-state index contributed by atoms with van der Waals surface area (Å²) in [6.45, 7) is -0.605. The zero-order chi connectivity index (χ0) is 21.0. The van der Waals surface area contributed by atoms with Gasteiger partial charge in [-0.25, -0.2) is 9.38 Å². The number of carbonyl (C=O) groups excluding carboxylic acids is 2. The van der Waals surface area contributed by atoms with Crippen LogP contribution in [0.3, 0.4) is 0 Å². The minimum absolute atomic E-state index is 0.145. The van der Waals surface area contributed by atoms with Crippen molar-refractivity contribution in [1.29, 1.82) is 0 Å². The number of ether oxygens (including phenoxy) is 2. The first-order valence-corrected chi connectivity index (χ1v) is 9.22. The fraction of sp³-hybridized carbons (Fsp3) is 0.150. The smallest absolute Gasteiger partial charge is 0.266 e. The molecule has 1 saturated heterocycles. The number of para-hydroxylation sites is 1. The first-order valence-electron chi connectivity index (χ1n) is 8.40. The Morgan fingerprint density at radius 3 is 2.72 bits per heavy atom. The number of carboxylic acids is 1. The van der Waals surface area contributed by atoms with Crippen LogP contribution in [0.4, 0.5) is 10.1 Å². The molecule has 3 rings (SSSR count). The van der Waals surface area contributed by atoms with Crippen LogP contribution in [0, 0.1) is 5.82 Å². The third kappa shape index (κ3) is 4.75. The van der Waals surface area contributed by atoms with E-state index >= 15 is 0 Å². The van der Waals surface area contributed by atoms with Crippen LogP contribution in [0.5, 0.6) is 11.5 Å². The average Bonchev–Trinajstić information content (AvgIpc) is 2.96. The number of hydrogen-bond acceptors (Lipinski definition) is 7. The van der Waals surface area contributed by atoms with E-state index in [1.165, 1.54) is 30.2 Å². The van der Waals surface area contributed by atoms with Crippen LogP contribution in [0.15, 0.2) is 52.4 Å². The predicted molar refractivity (Wildman–Crippen MR) is 105 cm³/mol. The van der Waals surface area contributed by atoms with E-state index in [-0.39, 0.29) is 17.3 Å². The summed E-state index contributed by atoms with van der Waals surface area (Å²) in [5, 5.41) is 10.9. The number of halogens is 1. The van der Waals surface area contributed by atoms with Gasteiger partial charge in [-0.05, 0) is 47.7 Å². The van der Waals surface area contributed by atoms with Gasteiger partial charge in [0.15, 0.2) is 16.7 Å². The van der Waals surface area contributed by atoms with Gasteiger partial charge in [-0.2, -0.15) is 0 Å². The van der Waals surface area contributed by atoms with Gasteiger partial charge in [0.1, 0.15) is 18.1 Å². The number of carboxylic acid groups (broad SMARTS) is 1. The molecule has 2 aromatic rings. The van der Waals surface area contributed by atoms with Crippen molar-refractivity contribution in [3.63, 3.8) is 0 Å². The van der Waals surface area contributed by atoms with E-state index in [1.54, 1.807) is 37.4 Å². The highest BCUT2D eigenvalue weighted by molar-refractivity contribution is 8.18. The molecule has 1 aliphatic heterocycles. The Kier molecular flexibility index (Phi) is 6.18. The predicted octanol–water partition coefficient (Wildman–Crippen LogP) is 2.20. The number of nitrogens with zero attached hydrogens (tertiary/aromatic N) is 2. The van der Waals surface area contributed by atoms with E-state index in [2.05, 4.69) is 4.99 Å². The summed E-state index contributed by atoms with van der Waals surface area (Å²) < 4.78 is 24.2. The van der Waals surface area contributed by atoms with Gasteiger partial charge in [-0.15, -0.1) is 0 Å². The number of amidine groups is 1.